The molecule has 2 aromatic rings. The number of piperidine rings is 1. The van der Waals surface area contributed by atoms with Crippen molar-refractivity contribution >= 4 is 17.5 Å². The number of methoxy groups -OCH3 is 1. The summed E-state index contributed by atoms with van der Waals surface area (Å²) >= 11 is 0. The monoisotopic (exact) mass is 400 g/mol. The van der Waals surface area contributed by atoms with Gasteiger partial charge in [-0.1, -0.05) is 26.0 Å². The van der Waals surface area contributed by atoms with Gasteiger partial charge in [0.15, 0.2) is 0 Å². The molecule has 0 N–H and O–H groups in total. The van der Waals surface area contributed by atoms with E-state index in [0.717, 1.165) is 5.56 Å². The number of aromatic nitrogens is 2. The predicted octanol–water partition coefficient (Wildman–Crippen LogP) is 3.69. The first-order valence-corrected chi connectivity index (χ1v) is 9.50. The molecule has 29 heavy (non-hydrogen) atoms. The highest BCUT2D eigenvalue weighted by molar-refractivity contribution is 5.73. The molecule has 0 unspecified atom stereocenters. The summed E-state index contributed by atoms with van der Waals surface area (Å²) in [6, 6.07) is 7.38. The fourth-order valence-corrected chi connectivity index (χ4v) is 3.35. The van der Waals surface area contributed by atoms with Crippen LogP contribution in [0.5, 0.6) is 11.6 Å². The van der Waals surface area contributed by atoms with Gasteiger partial charge in [-0.15, -0.1) is 0 Å². The van der Waals surface area contributed by atoms with Gasteiger partial charge in [-0.2, -0.15) is 4.98 Å². The fourth-order valence-electron chi connectivity index (χ4n) is 3.35. The molecule has 0 atom stereocenters. The van der Waals surface area contributed by atoms with Crippen LogP contribution in [0.25, 0.3) is 0 Å². The molecule has 0 saturated carbocycles. The molecular formula is C20H24N4O5. The van der Waals surface area contributed by atoms with Gasteiger partial charge in [0, 0.05) is 13.1 Å². The van der Waals surface area contributed by atoms with Crippen molar-refractivity contribution < 1.29 is 19.2 Å². The first kappa shape index (κ1) is 20.5. The number of carbonyl (C=O) groups excluding carboxylic acids is 1. The normalized spacial score (nSPS) is 14.7. The van der Waals surface area contributed by atoms with Crippen molar-refractivity contribution in [3.8, 4) is 11.6 Å². The van der Waals surface area contributed by atoms with Crippen LogP contribution in [0, 0.1) is 16.0 Å². The molecule has 1 aliphatic rings. The first-order chi connectivity index (χ1) is 13.9. The van der Waals surface area contributed by atoms with Crippen molar-refractivity contribution in [3.05, 3.63) is 46.3 Å². The van der Waals surface area contributed by atoms with E-state index in [0.29, 0.717) is 37.6 Å². The number of rotatable bonds is 6. The number of ether oxygens (including phenoxy) is 2. The Kier molecular flexibility index (Phi) is 6.26. The quantitative estimate of drug-likeness (QED) is 0.410. The minimum Gasteiger partial charge on any atom is -0.469 e. The van der Waals surface area contributed by atoms with E-state index >= 15 is 0 Å². The molecule has 9 heteroatoms. The topological polar surface area (TPSA) is 108 Å². The zero-order chi connectivity index (χ0) is 21.0. The SMILES string of the molecule is COC(=O)C1CCN(c2ncnc(Oc3ccc(C(C)C)cc3)c2[N+](=O)[O-])CC1. The summed E-state index contributed by atoms with van der Waals surface area (Å²) in [7, 11) is 1.36. The second-order valence-electron chi connectivity index (χ2n) is 7.22. The number of nitro groups is 1. The molecule has 0 radical (unpaired) electrons. The lowest BCUT2D eigenvalue weighted by Gasteiger charge is -2.31. The van der Waals surface area contributed by atoms with Gasteiger partial charge >= 0.3 is 17.5 Å². The Morgan fingerprint density at radius 1 is 1.21 bits per heavy atom. The highest BCUT2D eigenvalue weighted by Gasteiger charge is 2.33. The summed E-state index contributed by atoms with van der Waals surface area (Å²) in [5.74, 6) is 0.473. The van der Waals surface area contributed by atoms with Gasteiger partial charge in [0.2, 0.25) is 5.82 Å². The summed E-state index contributed by atoms with van der Waals surface area (Å²) < 4.78 is 10.5. The third kappa shape index (κ3) is 4.61. The minimum atomic E-state index is -0.528. The molecule has 9 nitrogen and oxygen atoms in total. The lowest BCUT2D eigenvalue weighted by molar-refractivity contribution is -0.385. The molecule has 0 aliphatic carbocycles. The third-order valence-electron chi connectivity index (χ3n) is 5.04. The number of anilines is 1. The van der Waals surface area contributed by atoms with Gasteiger partial charge in [0.1, 0.15) is 12.1 Å². The van der Waals surface area contributed by atoms with Crippen molar-refractivity contribution in [1.82, 2.24) is 9.97 Å². The number of nitrogens with zero attached hydrogens (tertiary/aromatic N) is 4. The van der Waals surface area contributed by atoms with Crippen molar-refractivity contribution in [1.29, 1.82) is 0 Å². The van der Waals surface area contributed by atoms with Gasteiger partial charge in [-0.05, 0) is 36.5 Å². The molecule has 1 aromatic heterocycles. The summed E-state index contributed by atoms with van der Waals surface area (Å²) in [6.07, 6.45) is 2.34. The number of esters is 1. The van der Waals surface area contributed by atoms with E-state index in [1.807, 2.05) is 12.1 Å². The predicted molar refractivity (Wildman–Crippen MR) is 106 cm³/mol. The Labute approximate surface area is 168 Å². The van der Waals surface area contributed by atoms with Crippen LogP contribution >= 0.6 is 0 Å². The van der Waals surface area contributed by atoms with E-state index in [4.69, 9.17) is 9.47 Å². The van der Waals surface area contributed by atoms with E-state index in [1.54, 1.807) is 17.0 Å². The van der Waals surface area contributed by atoms with Crippen LogP contribution in [0.3, 0.4) is 0 Å². The summed E-state index contributed by atoms with van der Waals surface area (Å²) in [4.78, 5) is 32.9. The van der Waals surface area contributed by atoms with Crippen molar-refractivity contribution in [2.45, 2.75) is 32.6 Å². The maximum Gasteiger partial charge on any atom is 0.373 e. The number of benzene rings is 1. The molecular weight excluding hydrogens is 376 g/mol. The second-order valence-corrected chi connectivity index (χ2v) is 7.22. The second kappa shape index (κ2) is 8.85. The van der Waals surface area contributed by atoms with Crippen LogP contribution in [0.1, 0.15) is 38.2 Å². The first-order valence-electron chi connectivity index (χ1n) is 9.50. The van der Waals surface area contributed by atoms with Gasteiger partial charge in [-0.25, -0.2) is 4.98 Å². The van der Waals surface area contributed by atoms with Crippen LogP contribution in [-0.4, -0.2) is 41.1 Å². The van der Waals surface area contributed by atoms with Crippen molar-refractivity contribution in [2.75, 3.05) is 25.1 Å². The molecule has 0 spiro atoms. The Morgan fingerprint density at radius 3 is 2.41 bits per heavy atom. The molecule has 154 valence electrons. The highest BCUT2D eigenvalue weighted by atomic mass is 16.6. The van der Waals surface area contributed by atoms with Crippen LogP contribution in [0.4, 0.5) is 11.5 Å². The van der Waals surface area contributed by atoms with Gasteiger partial charge < -0.3 is 14.4 Å². The van der Waals surface area contributed by atoms with Gasteiger partial charge in [0.05, 0.1) is 18.0 Å². The molecule has 2 heterocycles. The number of carbonyl (C=O) groups is 1. The van der Waals surface area contributed by atoms with Crippen LogP contribution in [0.15, 0.2) is 30.6 Å². The average Bonchev–Trinajstić information content (AvgIpc) is 2.73. The Balaban J connectivity index is 1.83. The van der Waals surface area contributed by atoms with E-state index in [-0.39, 0.29) is 29.3 Å². The smallest absolute Gasteiger partial charge is 0.373 e. The Hall–Kier alpha value is -3.23. The molecule has 1 fully saturated rings. The summed E-state index contributed by atoms with van der Waals surface area (Å²) in [6.45, 7) is 5.09. The maximum absolute atomic E-state index is 11.8. The molecule has 1 aromatic carbocycles. The third-order valence-corrected chi connectivity index (χ3v) is 5.04. The van der Waals surface area contributed by atoms with E-state index < -0.39 is 4.92 Å². The molecule has 0 amide bonds. The van der Waals surface area contributed by atoms with Crippen LogP contribution in [-0.2, 0) is 9.53 Å². The fraction of sp³-hybridized carbons (Fsp3) is 0.450. The number of hydrogen-bond donors (Lipinski definition) is 0. The average molecular weight is 400 g/mol. The number of hydrogen-bond acceptors (Lipinski definition) is 8. The van der Waals surface area contributed by atoms with Crippen molar-refractivity contribution in [3.63, 3.8) is 0 Å². The Morgan fingerprint density at radius 2 is 1.86 bits per heavy atom. The van der Waals surface area contributed by atoms with E-state index in [9.17, 15) is 14.9 Å². The molecule has 1 aliphatic heterocycles. The lowest BCUT2D eigenvalue weighted by Crippen LogP contribution is -2.37. The zero-order valence-electron chi connectivity index (χ0n) is 16.7. The minimum absolute atomic E-state index is 0.104. The van der Waals surface area contributed by atoms with Gasteiger partial charge in [0.25, 0.3) is 0 Å². The summed E-state index contributed by atoms with van der Waals surface area (Å²) in [5, 5.41) is 11.8. The zero-order valence-corrected chi connectivity index (χ0v) is 16.7. The Bertz CT molecular complexity index is 877. The lowest BCUT2D eigenvalue weighted by atomic mass is 9.97. The van der Waals surface area contributed by atoms with Crippen LogP contribution in [0.2, 0.25) is 0 Å². The van der Waals surface area contributed by atoms with E-state index in [2.05, 4.69) is 23.8 Å². The standard InChI is InChI=1S/C20H24N4O5/c1-13(2)14-4-6-16(7-5-14)29-19-17(24(26)27)18(21-12-22-19)23-10-8-15(9-11-23)20(25)28-3/h4-7,12-13,15H,8-11H2,1-3H3. The van der Waals surface area contributed by atoms with E-state index in [1.165, 1.54) is 13.4 Å². The summed E-state index contributed by atoms with van der Waals surface area (Å²) in [5.41, 5.74) is 0.862. The molecule has 3 rings (SSSR count). The largest absolute Gasteiger partial charge is 0.469 e. The van der Waals surface area contributed by atoms with Crippen molar-refractivity contribution in [2.24, 2.45) is 5.92 Å². The van der Waals surface area contributed by atoms with Gasteiger partial charge in [-0.3, -0.25) is 14.9 Å². The highest BCUT2D eigenvalue weighted by Crippen LogP contribution is 2.37. The molecule has 0 bridgehead atoms. The maximum atomic E-state index is 11.8. The molecule has 1 saturated heterocycles. The van der Waals surface area contributed by atoms with Crippen LogP contribution < -0.4 is 9.64 Å².